The third kappa shape index (κ3) is 20.1. The maximum Gasteiger partial charge on any atom is 2.00 e. The van der Waals surface area contributed by atoms with Crippen LogP contribution in [-0.4, -0.2) is 68.4 Å². The van der Waals surface area contributed by atoms with Crippen LogP contribution < -0.4 is 10.0 Å². The van der Waals surface area contributed by atoms with Gasteiger partial charge in [-0.15, -0.1) is 35.4 Å². The summed E-state index contributed by atoms with van der Waals surface area (Å²) in [7, 11) is -3.83. The number of rotatable bonds is 19. The fraction of sp³-hybridized carbons (Fsp3) is 0.483. The number of aliphatic hydroxyl groups is 2. The molecule has 0 aliphatic heterocycles. The van der Waals surface area contributed by atoms with Crippen LogP contribution in [0.15, 0.2) is 137 Å². The van der Waals surface area contributed by atoms with Gasteiger partial charge in [0.25, 0.3) is 0 Å². The van der Waals surface area contributed by atoms with Gasteiger partial charge in [-0.05, 0) is 122 Å². The van der Waals surface area contributed by atoms with Crippen molar-refractivity contribution in [3.8, 4) is 0 Å². The van der Waals surface area contributed by atoms with Gasteiger partial charge in [-0.3, -0.25) is 10.0 Å². The number of hydrogen-bond donors (Lipinski definition) is 2. The quantitative estimate of drug-likeness (QED) is 0.0312. The number of thioether (sulfide) groups is 2. The minimum absolute atomic E-state index is 0. The molecule has 8 rings (SSSR count). The summed E-state index contributed by atoms with van der Waals surface area (Å²) in [5.41, 5.74) is 1.42. The maximum absolute atomic E-state index is 13.8. The van der Waals surface area contributed by atoms with E-state index in [9.17, 15) is 18.6 Å². The standard InChI is InChI=1S/C46H56N4O4S4.2C6H11.2Fe/c1-5-39(51)30-49(47-28-35-10-6-8-33(35)2)37-12-24-45(25-13-37)58(53,54)46-26-14-38(15-27-46)50(48-29-36-11-7-9-34(36)3)31-40(52)32-56-42-18-22-44(23-19-42)57-43-20-16-41(55-4)17-21-43;2*1-6-4-2-3-5-6;;/h12-29,35-36,39-40,51-52H,5-11,30-32H2,1-4H3;2*2-5H2,1H3;;/q-2;2*-1;2*+2/b47-28+,48-29+;;;;. The Bertz CT molecular complexity index is 2280. The first-order valence-corrected chi connectivity index (χ1v) is 30.1. The minimum atomic E-state index is -3.83. The maximum atomic E-state index is 13.8. The Balaban J connectivity index is 0.000000702. The van der Waals surface area contributed by atoms with E-state index < -0.39 is 22.0 Å². The molecule has 4 fully saturated rings. The van der Waals surface area contributed by atoms with E-state index in [0.717, 1.165) is 54.0 Å². The Hall–Kier alpha value is -2.22. The van der Waals surface area contributed by atoms with E-state index in [0.29, 0.717) is 30.3 Å². The molecular weight excluding hydrogens is 1060 g/mol. The zero-order valence-electron chi connectivity index (χ0n) is 43.3. The summed E-state index contributed by atoms with van der Waals surface area (Å²) < 4.78 is 27.7. The molecule has 0 spiro atoms. The molecule has 2 N–H and O–H groups in total. The van der Waals surface area contributed by atoms with Crippen LogP contribution in [0.5, 0.6) is 0 Å². The van der Waals surface area contributed by atoms with E-state index in [1.165, 1.54) is 73.0 Å². The molecule has 8 nitrogen and oxygen atoms in total. The van der Waals surface area contributed by atoms with Crippen LogP contribution >= 0.6 is 35.3 Å². The predicted octanol–water partition coefficient (Wildman–Crippen LogP) is 15.0. The zero-order chi connectivity index (χ0) is 49.9. The number of hydrazone groups is 2. The second-order valence-corrected chi connectivity index (χ2v) is 24.5. The van der Waals surface area contributed by atoms with Gasteiger partial charge in [0.2, 0.25) is 9.84 Å². The minimum Gasteiger partial charge on any atom is -0.391 e. The topological polar surface area (TPSA) is 106 Å². The molecule has 394 valence electrons. The molecule has 14 heteroatoms. The Morgan fingerprint density at radius 3 is 1.32 bits per heavy atom. The predicted molar refractivity (Wildman–Crippen MR) is 299 cm³/mol. The Morgan fingerprint density at radius 1 is 0.583 bits per heavy atom. The molecule has 4 aliphatic rings. The average Bonchev–Trinajstić information content (AvgIpc) is 4.23. The summed E-state index contributed by atoms with van der Waals surface area (Å²) in [6.45, 7) is 11.4. The fourth-order valence-electron chi connectivity index (χ4n) is 9.07. The third-order valence-electron chi connectivity index (χ3n) is 13.8. The summed E-state index contributed by atoms with van der Waals surface area (Å²) in [6.07, 6.45) is 23.4. The number of benzene rings is 4. The monoisotopic (exact) mass is 1130 g/mol. The van der Waals surface area contributed by atoms with Crippen LogP contribution in [0.1, 0.15) is 131 Å². The van der Waals surface area contributed by atoms with Crippen molar-refractivity contribution >= 4 is 68.9 Å². The SMILES string of the molecule is CCC(O)CN(/N=C/C1CCC[C-]1C)c1ccc(S(=O)(=O)c2ccc(N(CC(O)CSc3ccc(Sc4ccc(SC)cc4)cc3)/N=C/C3CCC[C-]3C)cc2)cc1.C[C-]1CCCC1.C[C-]1CCCC1.[Fe+2].[Fe+2]. The molecule has 72 heavy (non-hydrogen) atoms. The number of aliphatic hydroxyl groups excluding tert-OH is 2. The van der Waals surface area contributed by atoms with Crippen molar-refractivity contribution in [1.29, 1.82) is 0 Å². The Morgan fingerprint density at radius 2 is 0.972 bits per heavy atom. The van der Waals surface area contributed by atoms with Gasteiger partial charge in [0.15, 0.2) is 0 Å². The van der Waals surface area contributed by atoms with Crippen molar-refractivity contribution in [3.05, 3.63) is 121 Å². The smallest absolute Gasteiger partial charge is 0.391 e. The molecule has 0 aromatic heterocycles. The van der Waals surface area contributed by atoms with Gasteiger partial charge in [0.05, 0.1) is 46.5 Å². The van der Waals surface area contributed by atoms with Crippen LogP contribution in [0.4, 0.5) is 11.4 Å². The van der Waals surface area contributed by atoms with E-state index in [4.69, 9.17) is 10.2 Å². The first kappa shape index (κ1) is 62.3. The first-order chi connectivity index (χ1) is 33.8. The third-order valence-corrected chi connectivity index (χ3v) is 18.5. The van der Waals surface area contributed by atoms with Crippen molar-refractivity contribution in [2.75, 3.05) is 35.1 Å². The fourth-order valence-corrected chi connectivity index (χ4v) is 12.4. The molecule has 0 amide bonds. The van der Waals surface area contributed by atoms with E-state index in [2.05, 4.69) is 82.5 Å². The molecule has 0 heterocycles. The van der Waals surface area contributed by atoms with Gasteiger partial charge in [-0.2, -0.15) is 76.4 Å². The van der Waals surface area contributed by atoms with Gasteiger partial charge in [-0.1, -0.05) is 70.1 Å². The normalized spacial score (nSPS) is 19.6. The molecule has 4 saturated carbocycles. The van der Waals surface area contributed by atoms with Crippen LogP contribution in [0, 0.1) is 35.5 Å². The molecule has 4 unspecified atom stereocenters. The van der Waals surface area contributed by atoms with Gasteiger partial charge in [0, 0.05) is 25.3 Å². The molecule has 0 radical (unpaired) electrons. The first-order valence-electron chi connectivity index (χ1n) is 25.6. The molecule has 4 aromatic rings. The van der Waals surface area contributed by atoms with E-state index >= 15 is 0 Å². The van der Waals surface area contributed by atoms with Gasteiger partial charge >= 0.3 is 34.1 Å². The molecule has 4 aliphatic carbocycles. The second-order valence-electron chi connectivity index (χ2n) is 19.5. The van der Waals surface area contributed by atoms with Crippen molar-refractivity contribution in [3.63, 3.8) is 0 Å². The molecule has 0 bridgehead atoms. The van der Waals surface area contributed by atoms with Gasteiger partial charge in [-0.25, -0.2) is 8.42 Å². The van der Waals surface area contributed by atoms with Crippen molar-refractivity contribution < 1.29 is 52.8 Å². The number of anilines is 2. The van der Waals surface area contributed by atoms with Crippen LogP contribution in [-0.2, 0) is 44.0 Å². The summed E-state index contributed by atoms with van der Waals surface area (Å²) >= 11 is 5.06. The summed E-state index contributed by atoms with van der Waals surface area (Å²) in [5, 5.41) is 34.9. The number of nitrogens with zero attached hydrogens (tertiary/aromatic N) is 4. The van der Waals surface area contributed by atoms with Gasteiger partial charge in [0.1, 0.15) is 0 Å². The number of sulfone groups is 1. The van der Waals surface area contributed by atoms with Gasteiger partial charge < -0.3 is 33.9 Å². The molecule has 4 aromatic carbocycles. The van der Waals surface area contributed by atoms with Crippen LogP contribution in [0.25, 0.3) is 0 Å². The van der Waals surface area contributed by atoms with Crippen LogP contribution in [0.3, 0.4) is 0 Å². The average molecular weight is 1140 g/mol. The Kier molecular flexibility index (Phi) is 28.0. The summed E-state index contributed by atoms with van der Waals surface area (Å²) in [6, 6.07) is 30.4. The van der Waals surface area contributed by atoms with E-state index in [1.807, 2.05) is 19.4 Å². The number of hydrogen-bond acceptors (Lipinski definition) is 11. The van der Waals surface area contributed by atoms with Crippen molar-refractivity contribution in [2.24, 2.45) is 22.0 Å². The van der Waals surface area contributed by atoms with E-state index in [-0.39, 0.29) is 56.4 Å². The largest absolute Gasteiger partial charge is 2.00 e. The van der Waals surface area contributed by atoms with Crippen molar-refractivity contribution in [1.82, 2.24) is 0 Å². The van der Waals surface area contributed by atoms with Crippen LogP contribution in [0.2, 0.25) is 0 Å². The summed E-state index contributed by atoms with van der Waals surface area (Å²) in [5.74, 6) is 7.31. The Labute approximate surface area is 468 Å². The summed E-state index contributed by atoms with van der Waals surface area (Å²) in [4.78, 5) is 5.02. The second kappa shape index (κ2) is 32.4. The van der Waals surface area contributed by atoms with E-state index in [1.54, 1.807) is 106 Å². The molecule has 0 saturated heterocycles. The molecular formula is C58H78Fe2N4O4S4. The van der Waals surface area contributed by atoms with Crippen molar-refractivity contribution in [2.45, 2.75) is 173 Å². The molecule has 4 atom stereocenters. The zero-order valence-corrected chi connectivity index (χ0v) is 48.7.